The molecule has 25 heavy (non-hydrogen) atoms. The maximum absolute atomic E-state index is 13.1. The summed E-state index contributed by atoms with van der Waals surface area (Å²) in [4.78, 5) is -0.271. The Morgan fingerprint density at radius 1 is 0.920 bits per heavy atom. The number of sulfonamides is 2. The van der Waals surface area contributed by atoms with E-state index in [1.165, 1.54) is 20.7 Å². The molecule has 0 bridgehead atoms. The van der Waals surface area contributed by atoms with Gasteiger partial charge in [0.25, 0.3) is 0 Å². The quantitative estimate of drug-likeness (QED) is 0.781. The number of rotatable bonds is 5. The van der Waals surface area contributed by atoms with Crippen LogP contribution < -0.4 is 5.73 Å². The monoisotopic (exact) mass is 409 g/mol. The van der Waals surface area contributed by atoms with Crippen molar-refractivity contribution in [3.05, 3.63) is 24.3 Å². The molecule has 7 nitrogen and oxygen atoms in total. The SMILES string of the molecule is Cl.NCC1CCCN1S(=O)(=O)c1ccccc1S(=O)(=O)N1CCCC1. The third-order valence-corrected chi connectivity index (χ3v) is 8.81. The lowest BCUT2D eigenvalue weighted by Gasteiger charge is -2.25. The standard InChI is InChI=1S/C15H23N3O4S2.ClH/c16-12-13-6-5-11-18(13)24(21,22)15-8-2-1-7-14(15)23(19,20)17-9-3-4-10-17;/h1-2,7-8,13H,3-6,9-12,16H2;1H. The highest BCUT2D eigenvalue weighted by Crippen LogP contribution is 2.31. The minimum atomic E-state index is -3.90. The Balaban J connectivity index is 0.00000225. The Hall–Kier alpha value is -0.710. The summed E-state index contributed by atoms with van der Waals surface area (Å²) in [6, 6.07) is 5.62. The van der Waals surface area contributed by atoms with E-state index < -0.39 is 20.0 Å². The molecule has 3 rings (SSSR count). The van der Waals surface area contributed by atoms with Crippen LogP contribution in [0.3, 0.4) is 0 Å². The van der Waals surface area contributed by atoms with E-state index in [-0.39, 0.29) is 34.8 Å². The molecule has 2 aliphatic heterocycles. The second-order valence-corrected chi connectivity index (χ2v) is 9.97. The second kappa shape index (κ2) is 7.89. The van der Waals surface area contributed by atoms with Crippen molar-refractivity contribution in [3.8, 4) is 0 Å². The Labute approximate surface area is 155 Å². The molecule has 2 fully saturated rings. The molecule has 2 aliphatic rings. The fourth-order valence-corrected chi connectivity index (χ4v) is 7.43. The van der Waals surface area contributed by atoms with E-state index in [0.717, 1.165) is 19.3 Å². The molecule has 0 amide bonds. The molecule has 1 aromatic carbocycles. The molecular weight excluding hydrogens is 386 g/mol. The van der Waals surface area contributed by atoms with Crippen LogP contribution in [0.2, 0.25) is 0 Å². The van der Waals surface area contributed by atoms with Gasteiger partial charge in [-0.15, -0.1) is 12.4 Å². The van der Waals surface area contributed by atoms with Crippen LogP contribution in [0.4, 0.5) is 0 Å². The molecule has 0 saturated carbocycles. The van der Waals surface area contributed by atoms with Crippen LogP contribution in [0.25, 0.3) is 0 Å². The van der Waals surface area contributed by atoms with Gasteiger partial charge in [-0.25, -0.2) is 16.8 Å². The zero-order valence-corrected chi connectivity index (χ0v) is 16.3. The minimum absolute atomic E-state index is 0. The van der Waals surface area contributed by atoms with Gasteiger partial charge >= 0.3 is 0 Å². The molecule has 2 saturated heterocycles. The summed E-state index contributed by atoms with van der Waals surface area (Å²) in [5, 5.41) is 0. The highest BCUT2D eigenvalue weighted by Gasteiger charge is 2.39. The molecule has 2 N–H and O–H groups in total. The molecule has 142 valence electrons. The summed E-state index contributed by atoms with van der Waals surface area (Å²) in [7, 11) is -7.71. The number of nitrogens with zero attached hydrogens (tertiary/aromatic N) is 2. The molecule has 0 spiro atoms. The zero-order valence-electron chi connectivity index (χ0n) is 13.9. The minimum Gasteiger partial charge on any atom is -0.329 e. The van der Waals surface area contributed by atoms with Crippen molar-refractivity contribution in [2.75, 3.05) is 26.2 Å². The lowest BCUT2D eigenvalue weighted by atomic mass is 10.2. The highest BCUT2D eigenvalue weighted by atomic mass is 35.5. The van der Waals surface area contributed by atoms with Crippen LogP contribution in [-0.2, 0) is 20.0 Å². The van der Waals surface area contributed by atoms with E-state index in [2.05, 4.69) is 0 Å². The second-order valence-electron chi connectivity index (χ2n) is 6.21. The molecule has 1 unspecified atom stereocenters. The summed E-state index contributed by atoms with van der Waals surface area (Å²) in [5.74, 6) is 0. The Kier molecular flexibility index (Phi) is 6.50. The van der Waals surface area contributed by atoms with Gasteiger partial charge in [0.15, 0.2) is 0 Å². The predicted molar refractivity (Wildman–Crippen MR) is 97.7 cm³/mol. The van der Waals surface area contributed by atoms with Crippen LogP contribution in [0.15, 0.2) is 34.1 Å². The van der Waals surface area contributed by atoms with Gasteiger partial charge in [0.2, 0.25) is 20.0 Å². The molecule has 0 aromatic heterocycles. The van der Waals surface area contributed by atoms with Crippen LogP contribution in [0, 0.1) is 0 Å². The summed E-state index contributed by atoms with van der Waals surface area (Å²) in [5.41, 5.74) is 5.69. The van der Waals surface area contributed by atoms with Crippen molar-refractivity contribution in [2.24, 2.45) is 5.73 Å². The Morgan fingerprint density at radius 3 is 2.04 bits per heavy atom. The number of halogens is 1. The summed E-state index contributed by atoms with van der Waals surface area (Å²) in [6.07, 6.45) is 3.05. The average Bonchev–Trinajstić information content (AvgIpc) is 3.26. The topological polar surface area (TPSA) is 101 Å². The fourth-order valence-electron chi connectivity index (χ4n) is 3.43. The van der Waals surface area contributed by atoms with Gasteiger partial charge < -0.3 is 5.73 Å². The molecule has 1 aromatic rings. The van der Waals surface area contributed by atoms with Crippen molar-refractivity contribution in [2.45, 2.75) is 41.5 Å². The molecular formula is C15H24ClN3O4S2. The molecule has 0 radical (unpaired) electrons. The average molecular weight is 410 g/mol. The van der Waals surface area contributed by atoms with Crippen molar-refractivity contribution >= 4 is 32.5 Å². The van der Waals surface area contributed by atoms with Gasteiger partial charge in [0.05, 0.1) is 0 Å². The number of benzene rings is 1. The van der Waals surface area contributed by atoms with E-state index in [9.17, 15) is 16.8 Å². The molecule has 10 heteroatoms. The Bertz CT molecular complexity index is 808. The van der Waals surface area contributed by atoms with Gasteiger partial charge in [-0.2, -0.15) is 8.61 Å². The van der Waals surface area contributed by atoms with E-state index >= 15 is 0 Å². The smallest absolute Gasteiger partial charge is 0.244 e. The van der Waals surface area contributed by atoms with Gasteiger partial charge in [0, 0.05) is 32.2 Å². The highest BCUT2D eigenvalue weighted by molar-refractivity contribution is 7.92. The maximum Gasteiger partial charge on any atom is 0.244 e. The van der Waals surface area contributed by atoms with Gasteiger partial charge in [0.1, 0.15) is 9.79 Å². The van der Waals surface area contributed by atoms with Crippen molar-refractivity contribution in [1.82, 2.24) is 8.61 Å². The van der Waals surface area contributed by atoms with Crippen molar-refractivity contribution < 1.29 is 16.8 Å². The van der Waals surface area contributed by atoms with E-state index in [1.807, 2.05) is 0 Å². The maximum atomic E-state index is 13.1. The van der Waals surface area contributed by atoms with Crippen molar-refractivity contribution in [1.29, 1.82) is 0 Å². The largest absolute Gasteiger partial charge is 0.329 e. The van der Waals surface area contributed by atoms with Crippen LogP contribution in [0.1, 0.15) is 25.7 Å². The molecule has 1 atom stereocenters. The number of hydrogen-bond acceptors (Lipinski definition) is 5. The normalized spacial score (nSPS) is 22.8. The van der Waals surface area contributed by atoms with Gasteiger partial charge in [-0.3, -0.25) is 0 Å². The van der Waals surface area contributed by atoms with E-state index in [4.69, 9.17) is 5.73 Å². The first-order valence-corrected chi connectivity index (χ1v) is 11.1. The predicted octanol–water partition coefficient (Wildman–Crippen LogP) is 1.00. The van der Waals surface area contributed by atoms with E-state index in [1.54, 1.807) is 12.1 Å². The summed E-state index contributed by atoms with van der Waals surface area (Å²) in [6.45, 7) is 1.49. The molecule has 0 aliphatic carbocycles. The Morgan fingerprint density at radius 2 is 1.48 bits per heavy atom. The van der Waals surface area contributed by atoms with Crippen molar-refractivity contribution in [3.63, 3.8) is 0 Å². The first-order valence-electron chi connectivity index (χ1n) is 8.20. The lowest BCUT2D eigenvalue weighted by Crippen LogP contribution is -2.40. The third-order valence-electron chi connectivity index (χ3n) is 4.71. The van der Waals surface area contributed by atoms with Gasteiger partial charge in [-0.1, -0.05) is 12.1 Å². The first-order chi connectivity index (χ1) is 11.4. The van der Waals surface area contributed by atoms with Crippen LogP contribution in [0.5, 0.6) is 0 Å². The summed E-state index contributed by atoms with van der Waals surface area (Å²) >= 11 is 0. The number of hydrogen-bond donors (Lipinski definition) is 1. The van der Waals surface area contributed by atoms with E-state index in [0.29, 0.717) is 26.1 Å². The lowest BCUT2D eigenvalue weighted by molar-refractivity contribution is 0.391. The third kappa shape index (κ3) is 3.72. The van der Waals surface area contributed by atoms with Crippen LogP contribution >= 0.6 is 12.4 Å². The zero-order chi connectivity index (χ0) is 17.4. The fraction of sp³-hybridized carbons (Fsp3) is 0.600. The summed E-state index contributed by atoms with van der Waals surface area (Å²) < 4.78 is 54.6. The van der Waals surface area contributed by atoms with Gasteiger partial charge in [-0.05, 0) is 37.8 Å². The first kappa shape index (κ1) is 20.6. The molecule has 2 heterocycles. The number of nitrogens with two attached hydrogens (primary N) is 1. The van der Waals surface area contributed by atoms with Crippen LogP contribution in [-0.4, -0.2) is 57.7 Å².